The minimum atomic E-state index is 0. The Kier molecular flexibility index (Phi) is 9.62. The lowest BCUT2D eigenvalue weighted by Gasteiger charge is -2.17. The van der Waals surface area contributed by atoms with Crippen LogP contribution in [0.15, 0.2) is 24.3 Å². The zero-order valence-corrected chi connectivity index (χ0v) is 12.2. The van der Waals surface area contributed by atoms with Crippen LogP contribution in [0.2, 0.25) is 0 Å². The van der Waals surface area contributed by atoms with E-state index in [-0.39, 0.29) is 5.48 Å². The van der Waals surface area contributed by atoms with Crippen molar-refractivity contribution < 1.29 is 5.48 Å². The molecule has 0 radical (unpaired) electrons. The van der Waals surface area contributed by atoms with Gasteiger partial charge in [0.05, 0.1) is 0 Å². The van der Waals surface area contributed by atoms with Crippen LogP contribution in [-0.4, -0.2) is 30.0 Å². The molecule has 0 heterocycles. The fourth-order valence-electron chi connectivity index (χ4n) is 2.14. The van der Waals surface area contributed by atoms with E-state index in [2.05, 4.69) is 49.9 Å². The van der Waals surface area contributed by atoms with Crippen molar-refractivity contribution in [2.45, 2.75) is 46.5 Å². The van der Waals surface area contributed by atoms with Crippen LogP contribution in [0.5, 0.6) is 0 Å². The van der Waals surface area contributed by atoms with Crippen molar-refractivity contribution in [1.29, 1.82) is 0 Å². The molecule has 18 heavy (non-hydrogen) atoms. The van der Waals surface area contributed by atoms with E-state index < -0.39 is 0 Å². The fourth-order valence-corrected chi connectivity index (χ4v) is 2.14. The monoisotopic (exact) mass is 251 g/mol. The zero-order chi connectivity index (χ0) is 12.5. The second kappa shape index (κ2) is 10.1. The molecule has 0 aliphatic heterocycles. The Balaban J connectivity index is 0.00000289. The quantitative estimate of drug-likeness (QED) is 0.653. The average Bonchev–Trinajstić information content (AvgIpc) is 2.36. The van der Waals surface area contributed by atoms with Crippen molar-refractivity contribution in [3.63, 3.8) is 0 Å². The molecule has 104 valence electrons. The highest BCUT2D eigenvalue weighted by Crippen LogP contribution is 2.08. The van der Waals surface area contributed by atoms with E-state index in [1.165, 1.54) is 56.4 Å². The highest BCUT2D eigenvalue weighted by atomic mass is 16.0. The van der Waals surface area contributed by atoms with Gasteiger partial charge in [0.15, 0.2) is 0 Å². The van der Waals surface area contributed by atoms with Gasteiger partial charge in [0.1, 0.15) is 0 Å². The SMILES string of the molecule is CCN(CC)CCCCCc1ccc(C)cc1.O. The van der Waals surface area contributed by atoms with Gasteiger partial charge in [-0.05, 0) is 51.4 Å². The summed E-state index contributed by atoms with van der Waals surface area (Å²) in [6.07, 6.45) is 5.25. The second-order valence-electron chi connectivity index (χ2n) is 4.82. The highest BCUT2D eigenvalue weighted by molar-refractivity contribution is 5.21. The molecule has 0 unspecified atom stereocenters. The highest BCUT2D eigenvalue weighted by Gasteiger charge is 1.98. The van der Waals surface area contributed by atoms with E-state index in [0.29, 0.717) is 0 Å². The molecule has 0 saturated heterocycles. The summed E-state index contributed by atoms with van der Waals surface area (Å²) in [6.45, 7) is 10.3. The smallest absolute Gasteiger partial charge is 0.00190 e. The molecule has 2 N–H and O–H groups in total. The maximum absolute atomic E-state index is 2.51. The van der Waals surface area contributed by atoms with E-state index in [0.717, 1.165) is 0 Å². The lowest BCUT2D eigenvalue weighted by atomic mass is 10.1. The van der Waals surface area contributed by atoms with Gasteiger partial charge in [0, 0.05) is 0 Å². The first kappa shape index (κ1) is 17.1. The molecule has 0 saturated carbocycles. The predicted octanol–water partition coefficient (Wildman–Crippen LogP) is 3.22. The number of benzene rings is 1. The Bertz CT molecular complexity index is 290. The maximum Gasteiger partial charge on any atom is -0.00190 e. The molecule has 0 amide bonds. The van der Waals surface area contributed by atoms with Gasteiger partial charge < -0.3 is 10.4 Å². The van der Waals surface area contributed by atoms with Crippen molar-refractivity contribution in [3.8, 4) is 0 Å². The number of aryl methyl sites for hydroxylation is 2. The van der Waals surface area contributed by atoms with E-state index >= 15 is 0 Å². The molecule has 0 spiro atoms. The molecule has 0 bridgehead atoms. The third kappa shape index (κ3) is 6.77. The molecule has 2 heteroatoms. The van der Waals surface area contributed by atoms with Gasteiger partial charge in [-0.25, -0.2) is 0 Å². The molecular weight excluding hydrogens is 222 g/mol. The molecular formula is C16H29NO. The molecule has 2 nitrogen and oxygen atoms in total. The lowest BCUT2D eigenvalue weighted by molar-refractivity contribution is 0.296. The topological polar surface area (TPSA) is 34.7 Å². The maximum atomic E-state index is 2.51. The van der Waals surface area contributed by atoms with Crippen molar-refractivity contribution in [1.82, 2.24) is 4.90 Å². The van der Waals surface area contributed by atoms with Gasteiger partial charge in [-0.1, -0.05) is 50.1 Å². The van der Waals surface area contributed by atoms with Crippen LogP contribution >= 0.6 is 0 Å². The summed E-state index contributed by atoms with van der Waals surface area (Å²) in [7, 11) is 0. The first-order chi connectivity index (χ1) is 8.26. The zero-order valence-electron chi connectivity index (χ0n) is 12.2. The Morgan fingerprint density at radius 1 is 0.889 bits per heavy atom. The Morgan fingerprint density at radius 3 is 2.06 bits per heavy atom. The minimum absolute atomic E-state index is 0. The number of hydrogen-bond acceptors (Lipinski definition) is 1. The Morgan fingerprint density at radius 2 is 1.50 bits per heavy atom. The summed E-state index contributed by atoms with van der Waals surface area (Å²) in [4.78, 5) is 2.51. The first-order valence-corrected chi connectivity index (χ1v) is 7.04. The van der Waals surface area contributed by atoms with Crippen LogP contribution in [0.1, 0.15) is 44.2 Å². The van der Waals surface area contributed by atoms with E-state index in [9.17, 15) is 0 Å². The summed E-state index contributed by atoms with van der Waals surface area (Å²) < 4.78 is 0. The molecule has 1 aromatic carbocycles. The number of unbranched alkanes of at least 4 members (excludes halogenated alkanes) is 2. The van der Waals surface area contributed by atoms with Crippen molar-refractivity contribution in [2.75, 3.05) is 19.6 Å². The molecule has 0 aliphatic carbocycles. The van der Waals surface area contributed by atoms with Crippen LogP contribution in [0.3, 0.4) is 0 Å². The standard InChI is InChI=1S/C16H27N.H2O/c1-4-17(5-2)14-8-6-7-9-16-12-10-15(3)11-13-16;/h10-13H,4-9,14H2,1-3H3;1H2. The van der Waals surface area contributed by atoms with Crippen molar-refractivity contribution >= 4 is 0 Å². The van der Waals surface area contributed by atoms with Crippen LogP contribution < -0.4 is 0 Å². The fraction of sp³-hybridized carbons (Fsp3) is 0.625. The summed E-state index contributed by atoms with van der Waals surface area (Å²) in [5.74, 6) is 0. The van der Waals surface area contributed by atoms with E-state index in [1.807, 2.05) is 0 Å². The van der Waals surface area contributed by atoms with Crippen LogP contribution in [-0.2, 0) is 6.42 Å². The molecule has 0 atom stereocenters. The molecule has 1 aromatic rings. The van der Waals surface area contributed by atoms with Crippen molar-refractivity contribution in [3.05, 3.63) is 35.4 Å². The van der Waals surface area contributed by atoms with E-state index in [4.69, 9.17) is 0 Å². The normalized spacial score (nSPS) is 10.4. The molecule has 0 aromatic heterocycles. The summed E-state index contributed by atoms with van der Waals surface area (Å²) in [6, 6.07) is 8.95. The van der Waals surface area contributed by atoms with Gasteiger partial charge in [-0.15, -0.1) is 0 Å². The third-order valence-corrected chi connectivity index (χ3v) is 3.45. The van der Waals surface area contributed by atoms with Gasteiger partial charge in [-0.2, -0.15) is 0 Å². The number of rotatable bonds is 8. The second-order valence-corrected chi connectivity index (χ2v) is 4.82. The van der Waals surface area contributed by atoms with Gasteiger partial charge >= 0.3 is 0 Å². The molecule has 0 aliphatic rings. The summed E-state index contributed by atoms with van der Waals surface area (Å²) in [5.41, 5.74) is 2.84. The van der Waals surface area contributed by atoms with Gasteiger partial charge in [0.2, 0.25) is 0 Å². The first-order valence-electron chi connectivity index (χ1n) is 7.04. The molecule has 0 fully saturated rings. The van der Waals surface area contributed by atoms with Crippen LogP contribution in [0.25, 0.3) is 0 Å². The Labute approximate surface area is 112 Å². The Hall–Kier alpha value is -0.860. The number of nitrogens with zero attached hydrogens (tertiary/aromatic N) is 1. The summed E-state index contributed by atoms with van der Waals surface area (Å²) in [5, 5.41) is 0. The van der Waals surface area contributed by atoms with E-state index in [1.54, 1.807) is 0 Å². The average molecular weight is 251 g/mol. The van der Waals surface area contributed by atoms with Crippen LogP contribution in [0, 0.1) is 6.92 Å². The van der Waals surface area contributed by atoms with Gasteiger partial charge in [-0.3, -0.25) is 0 Å². The van der Waals surface area contributed by atoms with Crippen molar-refractivity contribution in [2.24, 2.45) is 0 Å². The largest absolute Gasteiger partial charge is 0.412 e. The molecule has 1 rings (SSSR count). The van der Waals surface area contributed by atoms with Crippen LogP contribution in [0.4, 0.5) is 0 Å². The third-order valence-electron chi connectivity index (χ3n) is 3.45. The minimum Gasteiger partial charge on any atom is -0.412 e. The number of hydrogen-bond donors (Lipinski definition) is 0. The lowest BCUT2D eigenvalue weighted by Crippen LogP contribution is -2.23. The van der Waals surface area contributed by atoms with Gasteiger partial charge in [0.25, 0.3) is 0 Å². The predicted molar refractivity (Wildman–Crippen MR) is 80.1 cm³/mol. The summed E-state index contributed by atoms with van der Waals surface area (Å²) >= 11 is 0.